The molecule has 0 aliphatic carbocycles. The summed E-state index contributed by atoms with van der Waals surface area (Å²) in [6.07, 6.45) is 56.9. The number of esters is 1. The number of rotatable bonds is 54. The van der Waals surface area contributed by atoms with E-state index in [0.717, 1.165) is 83.5 Å². The smallest absolute Gasteiger partial charge is 0.306 e. The molecular formula is C66H119NO10. The number of hydrogen-bond donors (Lipinski definition) is 6. The first-order valence-corrected chi connectivity index (χ1v) is 32.1. The fraction of sp³-hybridized carbons (Fsp3) is 0.818. The number of unbranched alkanes of at least 4 members (excludes halogenated alkanes) is 34. The van der Waals surface area contributed by atoms with Crippen LogP contribution >= 0.6 is 0 Å². The third-order valence-corrected chi connectivity index (χ3v) is 15.0. The molecule has 77 heavy (non-hydrogen) atoms. The van der Waals surface area contributed by atoms with E-state index >= 15 is 0 Å². The monoisotopic (exact) mass is 1090 g/mol. The molecule has 0 bridgehead atoms. The fourth-order valence-electron chi connectivity index (χ4n) is 9.88. The van der Waals surface area contributed by atoms with Crippen LogP contribution in [0.5, 0.6) is 0 Å². The third kappa shape index (κ3) is 42.0. The van der Waals surface area contributed by atoms with E-state index in [2.05, 4.69) is 68.6 Å². The first kappa shape index (κ1) is 72.4. The Labute approximate surface area is 471 Å². The fourth-order valence-corrected chi connectivity index (χ4v) is 9.88. The van der Waals surface area contributed by atoms with Gasteiger partial charge in [-0.2, -0.15) is 0 Å². The molecule has 0 aromatic heterocycles. The Morgan fingerprint density at radius 1 is 0.519 bits per heavy atom. The maximum Gasteiger partial charge on any atom is 0.306 e. The summed E-state index contributed by atoms with van der Waals surface area (Å²) in [5.74, 6) is -1.20. The van der Waals surface area contributed by atoms with Crippen LogP contribution in [0.4, 0.5) is 0 Å². The van der Waals surface area contributed by atoms with Crippen LogP contribution in [0.3, 0.4) is 0 Å². The number of carbonyl (C=O) groups excluding carboxylic acids is 2. The minimum atomic E-state index is -1.62. The average molecular weight is 1090 g/mol. The van der Waals surface area contributed by atoms with Crippen LogP contribution in [0.1, 0.15) is 284 Å². The predicted octanol–water partition coefficient (Wildman–Crippen LogP) is 15.4. The predicted molar refractivity (Wildman–Crippen MR) is 320 cm³/mol. The summed E-state index contributed by atoms with van der Waals surface area (Å²) in [7, 11) is 0. The zero-order valence-electron chi connectivity index (χ0n) is 49.6. The Bertz CT molecular complexity index is 1480. The SMILES string of the molecule is CC/C=C/C=C/C=C/CCCCCCCCC(O)C(=O)NC(COC1OC(CO)C(O)C(O)C1OC(=O)CCCCCCCCCCCCC/C=C/CCCCCCCC)C(O)/C=C/CCCCCCCCCCCCC. The summed E-state index contributed by atoms with van der Waals surface area (Å²) in [4.78, 5) is 26.6. The zero-order valence-corrected chi connectivity index (χ0v) is 49.6. The zero-order chi connectivity index (χ0) is 56.1. The summed E-state index contributed by atoms with van der Waals surface area (Å²) in [6.45, 7) is 5.66. The molecule has 0 aromatic carbocycles. The second-order valence-corrected chi connectivity index (χ2v) is 22.2. The summed E-state index contributed by atoms with van der Waals surface area (Å²) in [5, 5.41) is 57.0. The molecule has 1 amide bonds. The van der Waals surface area contributed by atoms with E-state index in [-0.39, 0.29) is 19.4 Å². The molecule has 1 aliphatic heterocycles. The Morgan fingerprint density at radius 3 is 1.43 bits per heavy atom. The molecule has 8 atom stereocenters. The van der Waals surface area contributed by atoms with Crippen molar-refractivity contribution < 1.29 is 49.3 Å². The van der Waals surface area contributed by atoms with Gasteiger partial charge in [-0.3, -0.25) is 9.59 Å². The third-order valence-electron chi connectivity index (χ3n) is 15.0. The van der Waals surface area contributed by atoms with Gasteiger partial charge in [0.25, 0.3) is 0 Å². The molecule has 1 rings (SSSR count). The first-order valence-electron chi connectivity index (χ1n) is 32.1. The van der Waals surface area contributed by atoms with Gasteiger partial charge in [0.15, 0.2) is 12.4 Å². The summed E-state index contributed by atoms with van der Waals surface area (Å²) in [5.41, 5.74) is 0. The molecule has 0 saturated carbocycles. The van der Waals surface area contributed by atoms with E-state index in [4.69, 9.17) is 14.2 Å². The standard InChI is InChI=1S/C66H119NO10/c1-4-7-10-13-16-19-22-25-27-28-29-30-31-32-33-36-39-42-45-48-51-54-61(71)77-64-63(73)62(72)60(55-68)76-66(64)75-56-57(58(69)52-49-46-43-40-37-34-24-21-18-15-12-9-6-3)67-65(74)59(70)53-50-47-44-41-38-35-26-23-20-17-14-11-8-5-2/h8,11,14,17,20,23,25,27,49,52,57-60,62-64,66,68-70,72-73H,4-7,9-10,12-13,15-16,18-19,21-22,24,26,28-48,50-51,53-56H2,1-3H3,(H,67,74)/b11-8+,17-14+,23-20+,27-25+,52-49+. The van der Waals surface area contributed by atoms with Crippen molar-refractivity contribution in [3.8, 4) is 0 Å². The van der Waals surface area contributed by atoms with Crippen molar-refractivity contribution >= 4 is 11.9 Å². The van der Waals surface area contributed by atoms with Gasteiger partial charge in [0, 0.05) is 6.42 Å². The minimum absolute atomic E-state index is 0.121. The Kier molecular flexibility index (Phi) is 50.7. The van der Waals surface area contributed by atoms with Crippen molar-refractivity contribution in [3.63, 3.8) is 0 Å². The van der Waals surface area contributed by atoms with Crippen molar-refractivity contribution in [3.05, 3.63) is 60.8 Å². The number of carbonyl (C=O) groups is 2. The Balaban J connectivity index is 2.65. The lowest BCUT2D eigenvalue weighted by atomic mass is 9.99. The van der Waals surface area contributed by atoms with Crippen molar-refractivity contribution in [1.82, 2.24) is 5.32 Å². The highest BCUT2D eigenvalue weighted by Crippen LogP contribution is 2.26. The molecule has 1 fully saturated rings. The van der Waals surface area contributed by atoms with Crippen molar-refractivity contribution in [2.24, 2.45) is 0 Å². The maximum absolute atomic E-state index is 13.4. The molecule has 11 nitrogen and oxygen atoms in total. The van der Waals surface area contributed by atoms with Gasteiger partial charge >= 0.3 is 5.97 Å². The van der Waals surface area contributed by atoms with Crippen molar-refractivity contribution in [1.29, 1.82) is 0 Å². The number of hydrogen-bond acceptors (Lipinski definition) is 10. The van der Waals surface area contributed by atoms with Gasteiger partial charge in [0.1, 0.15) is 24.4 Å². The molecule has 0 spiro atoms. The molecule has 1 saturated heterocycles. The summed E-state index contributed by atoms with van der Waals surface area (Å²) in [6, 6.07) is -1.03. The van der Waals surface area contributed by atoms with Crippen LogP contribution in [0.25, 0.3) is 0 Å². The van der Waals surface area contributed by atoms with Gasteiger partial charge < -0.3 is 45.1 Å². The number of aliphatic hydroxyl groups excluding tert-OH is 5. The molecule has 448 valence electrons. The van der Waals surface area contributed by atoms with Crippen LogP contribution in [0, 0.1) is 0 Å². The second-order valence-electron chi connectivity index (χ2n) is 22.2. The summed E-state index contributed by atoms with van der Waals surface area (Å²) < 4.78 is 17.6. The lowest BCUT2D eigenvalue weighted by molar-refractivity contribution is -0.305. The van der Waals surface area contributed by atoms with E-state index in [1.807, 2.05) is 12.2 Å². The molecule has 8 unspecified atom stereocenters. The van der Waals surface area contributed by atoms with Crippen molar-refractivity contribution in [2.45, 2.75) is 333 Å². The normalized spacial score (nSPS) is 19.4. The van der Waals surface area contributed by atoms with Crippen LogP contribution in [0.15, 0.2) is 60.8 Å². The Morgan fingerprint density at radius 2 is 0.948 bits per heavy atom. The van der Waals surface area contributed by atoms with Gasteiger partial charge in [0.2, 0.25) is 5.91 Å². The van der Waals surface area contributed by atoms with E-state index in [0.29, 0.717) is 12.8 Å². The van der Waals surface area contributed by atoms with Crippen LogP contribution < -0.4 is 5.32 Å². The highest BCUT2D eigenvalue weighted by molar-refractivity contribution is 5.80. The van der Waals surface area contributed by atoms with Gasteiger partial charge in [0.05, 0.1) is 25.4 Å². The van der Waals surface area contributed by atoms with E-state index in [1.165, 1.54) is 154 Å². The summed E-state index contributed by atoms with van der Waals surface area (Å²) >= 11 is 0. The van der Waals surface area contributed by atoms with Crippen LogP contribution in [-0.4, -0.2) is 99.6 Å². The first-order chi connectivity index (χ1) is 37.7. The van der Waals surface area contributed by atoms with Gasteiger partial charge in [-0.25, -0.2) is 0 Å². The van der Waals surface area contributed by atoms with Gasteiger partial charge in [-0.05, 0) is 70.6 Å². The second kappa shape index (κ2) is 54.0. The number of ether oxygens (including phenoxy) is 3. The number of amides is 1. The maximum atomic E-state index is 13.4. The van der Waals surface area contributed by atoms with Crippen LogP contribution in [0.2, 0.25) is 0 Å². The molecule has 6 N–H and O–H groups in total. The molecule has 1 heterocycles. The highest BCUT2D eigenvalue weighted by Gasteiger charge is 2.47. The lowest BCUT2D eigenvalue weighted by Crippen LogP contribution is -2.61. The Hall–Kier alpha value is -2.64. The van der Waals surface area contributed by atoms with Crippen LogP contribution in [-0.2, 0) is 23.8 Å². The van der Waals surface area contributed by atoms with E-state index in [9.17, 15) is 35.1 Å². The molecule has 11 heteroatoms. The molecular weight excluding hydrogens is 967 g/mol. The van der Waals surface area contributed by atoms with Gasteiger partial charge in [-0.15, -0.1) is 0 Å². The number of aliphatic hydroxyl groups is 5. The van der Waals surface area contributed by atoms with E-state index in [1.54, 1.807) is 6.08 Å². The lowest BCUT2D eigenvalue weighted by Gasteiger charge is -2.41. The van der Waals surface area contributed by atoms with Gasteiger partial charge in [-0.1, -0.05) is 268 Å². The number of allylic oxidation sites excluding steroid dienone is 9. The molecule has 0 aromatic rings. The highest BCUT2D eigenvalue weighted by atomic mass is 16.7. The van der Waals surface area contributed by atoms with E-state index < -0.39 is 67.4 Å². The topological polar surface area (TPSA) is 175 Å². The number of nitrogens with one attached hydrogen (secondary N) is 1. The minimum Gasteiger partial charge on any atom is -0.454 e. The average Bonchev–Trinajstić information content (AvgIpc) is 3.43. The van der Waals surface area contributed by atoms with Crippen molar-refractivity contribution in [2.75, 3.05) is 13.2 Å². The molecule has 0 radical (unpaired) electrons. The largest absolute Gasteiger partial charge is 0.454 e. The quantitative estimate of drug-likeness (QED) is 0.0149. The molecule has 1 aliphatic rings.